The van der Waals surface area contributed by atoms with Gasteiger partial charge in [-0.05, 0) is 29.1 Å². The smallest absolute Gasteiger partial charge is 0.246 e. The molecule has 4 aromatic rings. The SMILES string of the molecule is O=C1N[C@@H](Cc2cc3ccccc3[nH]2)C(=O)N2Cc3[nH]c4ccccc4c3C[C@@H]12. The van der Waals surface area contributed by atoms with Gasteiger partial charge in [0.05, 0.1) is 6.54 Å². The number of benzene rings is 2. The van der Waals surface area contributed by atoms with Gasteiger partial charge in [0.1, 0.15) is 12.1 Å². The molecule has 6 rings (SSSR count). The lowest BCUT2D eigenvalue weighted by molar-refractivity contribution is -0.150. The van der Waals surface area contributed by atoms with Gasteiger partial charge in [0, 0.05) is 40.6 Å². The number of hydrogen-bond acceptors (Lipinski definition) is 2. The van der Waals surface area contributed by atoms with E-state index < -0.39 is 12.1 Å². The Kier molecular flexibility index (Phi) is 3.38. The standard InChI is InChI=1S/C23H20N4O2/c28-22-21-11-16-15-6-2-4-8-18(15)25-20(16)12-27(21)23(29)19(26-22)10-14-9-13-5-1-3-7-17(13)24-14/h1-9,19,21,24-25H,10-12H2,(H,26,28)/t19-,21-/m0/s1. The van der Waals surface area contributed by atoms with Crippen molar-refractivity contribution in [2.24, 2.45) is 0 Å². The molecule has 2 aliphatic rings. The summed E-state index contributed by atoms with van der Waals surface area (Å²) in [5, 5.41) is 5.22. The highest BCUT2D eigenvalue weighted by atomic mass is 16.2. The zero-order valence-corrected chi connectivity index (χ0v) is 15.7. The van der Waals surface area contributed by atoms with E-state index >= 15 is 0 Å². The predicted molar refractivity (Wildman–Crippen MR) is 110 cm³/mol. The first-order valence-electron chi connectivity index (χ1n) is 9.93. The average Bonchev–Trinajstić information content (AvgIpc) is 3.31. The number of nitrogens with one attached hydrogen (secondary N) is 3. The fraction of sp³-hybridized carbons (Fsp3) is 0.217. The van der Waals surface area contributed by atoms with Gasteiger partial charge in [-0.3, -0.25) is 9.59 Å². The van der Waals surface area contributed by atoms with Gasteiger partial charge in [-0.15, -0.1) is 0 Å². The number of carbonyl (C=O) groups is 2. The van der Waals surface area contributed by atoms with Crippen LogP contribution in [0.15, 0.2) is 54.6 Å². The third-order valence-electron chi connectivity index (χ3n) is 6.21. The van der Waals surface area contributed by atoms with E-state index in [0.717, 1.165) is 38.8 Å². The molecule has 2 aromatic heterocycles. The Balaban J connectivity index is 1.31. The van der Waals surface area contributed by atoms with Crippen molar-refractivity contribution < 1.29 is 9.59 Å². The van der Waals surface area contributed by atoms with Gasteiger partial charge in [0.15, 0.2) is 0 Å². The molecule has 144 valence electrons. The molecule has 0 unspecified atom stereocenters. The maximum absolute atomic E-state index is 13.2. The fourth-order valence-electron chi connectivity index (χ4n) is 4.81. The average molecular weight is 384 g/mol. The zero-order chi connectivity index (χ0) is 19.5. The molecule has 0 bridgehead atoms. The van der Waals surface area contributed by atoms with Crippen molar-refractivity contribution in [3.8, 4) is 0 Å². The molecule has 0 aliphatic carbocycles. The normalized spacial score (nSPS) is 21.3. The summed E-state index contributed by atoms with van der Waals surface area (Å²) in [4.78, 5) is 34.7. The Hall–Kier alpha value is -3.54. The molecule has 29 heavy (non-hydrogen) atoms. The maximum atomic E-state index is 13.2. The largest absolute Gasteiger partial charge is 0.358 e. The summed E-state index contributed by atoms with van der Waals surface area (Å²) in [7, 11) is 0. The minimum absolute atomic E-state index is 0.0161. The molecule has 0 saturated carbocycles. The molecule has 6 heteroatoms. The van der Waals surface area contributed by atoms with Crippen LogP contribution in [0.3, 0.4) is 0 Å². The highest BCUT2D eigenvalue weighted by Gasteiger charge is 2.43. The highest BCUT2D eigenvalue weighted by Crippen LogP contribution is 2.32. The van der Waals surface area contributed by atoms with Crippen molar-refractivity contribution in [1.82, 2.24) is 20.2 Å². The molecule has 4 heterocycles. The number of nitrogens with zero attached hydrogens (tertiary/aromatic N) is 1. The maximum Gasteiger partial charge on any atom is 0.246 e. The van der Waals surface area contributed by atoms with E-state index in [0.29, 0.717) is 19.4 Å². The molecule has 1 saturated heterocycles. The molecule has 2 amide bonds. The number of carbonyl (C=O) groups excluding carboxylic acids is 2. The van der Waals surface area contributed by atoms with Crippen molar-refractivity contribution >= 4 is 33.6 Å². The van der Waals surface area contributed by atoms with Crippen molar-refractivity contribution in [3.05, 3.63) is 71.5 Å². The fourth-order valence-corrected chi connectivity index (χ4v) is 4.81. The van der Waals surface area contributed by atoms with Crippen molar-refractivity contribution in [3.63, 3.8) is 0 Å². The van der Waals surface area contributed by atoms with Crippen LogP contribution in [-0.4, -0.2) is 38.8 Å². The van der Waals surface area contributed by atoms with Gasteiger partial charge < -0.3 is 20.2 Å². The van der Waals surface area contributed by atoms with Crippen LogP contribution < -0.4 is 5.32 Å². The van der Waals surface area contributed by atoms with Crippen LogP contribution >= 0.6 is 0 Å². The number of aromatic amines is 2. The quantitative estimate of drug-likeness (QED) is 0.497. The topological polar surface area (TPSA) is 81.0 Å². The number of piperazine rings is 1. The summed E-state index contributed by atoms with van der Waals surface area (Å²) in [6.45, 7) is 0.449. The monoisotopic (exact) mass is 384 g/mol. The number of fused-ring (bicyclic) bond motifs is 5. The summed E-state index contributed by atoms with van der Waals surface area (Å²) < 4.78 is 0. The Morgan fingerprint density at radius 1 is 0.966 bits per heavy atom. The van der Waals surface area contributed by atoms with Crippen molar-refractivity contribution in [2.75, 3.05) is 0 Å². The molecule has 2 aliphatic heterocycles. The highest BCUT2D eigenvalue weighted by molar-refractivity contribution is 5.98. The van der Waals surface area contributed by atoms with Crippen LogP contribution in [0.5, 0.6) is 0 Å². The number of para-hydroxylation sites is 2. The van der Waals surface area contributed by atoms with Crippen LogP contribution in [0, 0.1) is 0 Å². The van der Waals surface area contributed by atoms with Crippen LogP contribution in [0.1, 0.15) is 17.0 Å². The molecule has 3 N–H and O–H groups in total. The van der Waals surface area contributed by atoms with E-state index in [-0.39, 0.29) is 11.8 Å². The van der Waals surface area contributed by atoms with E-state index in [1.54, 1.807) is 4.90 Å². The van der Waals surface area contributed by atoms with Gasteiger partial charge >= 0.3 is 0 Å². The third kappa shape index (κ3) is 2.49. The van der Waals surface area contributed by atoms with E-state index in [2.05, 4.69) is 21.4 Å². The summed E-state index contributed by atoms with van der Waals surface area (Å²) in [5.74, 6) is -0.0841. The number of H-pyrrole nitrogens is 2. The Bertz CT molecular complexity index is 1250. The lowest BCUT2D eigenvalue weighted by Crippen LogP contribution is -2.65. The minimum Gasteiger partial charge on any atom is -0.358 e. The Labute approximate surface area is 166 Å². The van der Waals surface area contributed by atoms with Gasteiger partial charge in [-0.2, -0.15) is 0 Å². The molecule has 2 atom stereocenters. The van der Waals surface area contributed by atoms with E-state index in [4.69, 9.17) is 0 Å². The first-order valence-corrected chi connectivity index (χ1v) is 9.93. The lowest BCUT2D eigenvalue weighted by Gasteiger charge is -2.41. The second kappa shape index (κ2) is 5.98. The summed E-state index contributed by atoms with van der Waals surface area (Å²) in [5.41, 5.74) is 5.23. The number of hydrogen-bond donors (Lipinski definition) is 3. The molecule has 2 aromatic carbocycles. The number of aromatic nitrogens is 2. The van der Waals surface area contributed by atoms with Gasteiger partial charge in [0.2, 0.25) is 11.8 Å². The van der Waals surface area contributed by atoms with E-state index in [1.807, 2.05) is 48.5 Å². The molecule has 0 radical (unpaired) electrons. The lowest BCUT2D eigenvalue weighted by atomic mass is 9.92. The molecule has 1 fully saturated rings. The number of amides is 2. The molecular weight excluding hydrogens is 364 g/mol. The second-order valence-corrected chi connectivity index (χ2v) is 7.96. The van der Waals surface area contributed by atoms with Crippen molar-refractivity contribution in [2.45, 2.75) is 31.5 Å². The van der Waals surface area contributed by atoms with Crippen LogP contribution in [0.2, 0.25) is 0 Å². The first kappa shape index (κ1) is 16.4. The minimum atomic E-state index is -0.544. The number of rotatable bonds is 2. The molecule has 6 nitrogen and oxygen atoms in total. The summed E-state index contributed by atoms with van der Waals surface area (Å²) >= 11 is 0. The third-order valence-corrected chi connectivity index (χ3v) is 6.21. The van der Waals surface area contributed by atoms with E-state index in [9.17, 15) is 9.59 Å². The Morgan fingerprint density at radius 3 is 2.62 bits per heavy atom. The van der Waals surface area contributed by atoms with Gasteiger partial charge in [-0.1, -0.05) is 36.4 Å². The first-order chi connectivity index (χ1) is 14.2. The second-order valence-electron chi connectivity index (χ2n) is 7.96. The van der Waals surface area contributed by atoms with E-state index in [1.165, 1.54) is 0 Å². The summed E-state index contributed by atoms with van der Waals surface area (Å²) in [6, 6.07) is 17.2. The zero-order valence-electron chi connectivity index (χ0n) is 15.7. The van der Waals surface area contributed by atoms with Gasteiger partial charge in [0.25, 0.3) is 0 Å². The van der Waals surface area contributed by atoms with Crippen LogP contribution in [0.4, 0.5) is 0 Å². The van der Waals surface area contributed by atoms with Crippen LogP contribution in [0.25, 0.3) is 21.8 Å². The van der Waals surface area contributed by atoms with Crippen molar-refractivity contribution in [1.29, 1.82) is 0 Å². The predicted octanol–water partition coefficient (Wildman–Crippen LogP) is 2.64. The summed E-state index contributed by atoms with van der Waals surface area (Å²) in [6.07, 6.45) is 1.01. The Morgan fingerprint density at radius 2 is 1.76 bits per heavy atom. The van der Waals surface area contributed by atoms with Gasteiger partial charge in [-0.25, -0.2) is 0 Å². The van der Waals surface area contributed by atoms with Crippen LogP contribution in [-0.2, 0) is 29.0 Å². The molecular formula is C23H20N4O2. The molecule has 0 spiro atoms.